The highest BCUT2D eigenvalue weighted by Gasteiger charge is 2.72. The fourth-order valence-electron chi connectivity index (χ4n) is 18.4. The minimum Gasteiger partial charge on any atom is -0.311 e. The van der Waals surface area contributed by atoms with E-state index in [4.69, 9.17) is 0 Å². The Bertz CT molecular complexity index is 4090. The average molecular weight is 1020 g/mol. The van der Waals surface area contributed by atoms with Crippen molar-refractivity contribution in [3.05, 3.63) is 306 Å². The van der Waals surface area contributed by atoms with Gasteiger partial charge in [0.1, 0.15) is 0 Å². The molecule has 7 atom stereocenters. The third-order valence-corrected chi connectivity index (χ3v) is 20.8. The fraction of sp³-hybridized carbons (Fsp3) is 0.165. The molecule has 80 heavy (non-hydrogen) atoms. The van der Waals surface area contributed by atoms with E-state index in [1.54, 1.807) is 27.8 Å². The van der Waals surface area contributed by atoms with E-state index in [-0.39, 0.29) is 16.2 Å². The number of fused-ring (bicyclic) bond motifs is 15. The summed E-state index contributed by atoms with van der Waals surface area (Å²) >= 11 is 0. The van der Waals surface area contributed by atoms with Gasteiger partial charge in [-0.25, -0.2) is 0 Å². The molecule has 17 rings (SSSR count). The predicted octanol–water partition coefficient (Wildman–Crippen LogP) is 20.6. The maximum atomic E-state index is 2.64. The van der Waals surface area contributed by atoms with Crippen molar-refractivity contribution in [3.8, 4) is 66.8 Å². The molecule has 0 amide bonds. The number of nitrogens with zero attached hydrogens (tertiary/aromatic N) is 1. The molecule has 11 aromatic carbocycles. The van der Waals surface area contributed by atoms with Gasteiger partial charge in [-0.3, -0.25) is 0 Å². The Hall–Kier alpha value is -8.78. The molecule has 0 aliphatic heterocycles. The van der Waals surface area contributed by atoms with Crippen molar-refractivity contribution in [2.75, 3.05) is 4.90 Å². The third kappa shape index (κ3) is 6.64. The number of anilines is 3. The van der Waals surface area contributed by atoms with Gasteiger partial charge in [0.25, 0.3) is 0 Å². The Morgan fingerprint density at radius 3 is 1.00 bits per heavy atom. The number of rotatable bonds is 6. The largest absolute Gasteiger partial charge is 0.311 e. The Morgan fingerprint density at radius 1 is 0.237 bits per heavy atom. The number of benzene rings is 11. The first kappa shape index (κ1) is 46.2. The van der Waals surface area contributed by atoms with Crippen molar-refractivity contribution in [3.63, 3.8) is 0 Å². The Balaban J connectivity index is 0.877. The van der Waals surface area contributed by atoms with E-state index < -0.39 is 0 Å². The average Bonchev–Trinajstić information content (AvgIpc) is 2.70. The summed E-state index contributed by atoms with van der Waals surface area (Å²) in [6.45, 7) is 0. The van der Waals surface area contributed by atoms with Gasteiger partial charge < -0.3 is 4.90 Å². The van der Waals surface area contributed by atoms with Crippen molar-refractivity contribution in [2.24, 2.45) is 5.92 Å². The summed E-state index contributed by atoms with van der Waals surface area (Å²) in [5.41, 5.74) is 28.8. The smallest absolute Gasteiger partial charge is 0.0462 e. The molecule has 0 saturated heterocycles. The molecule has 0 radical (unpaired) electrons. The zero-order valence-corrected chi connectivity index (χ0v) is 45.0. The summed E-state index contributed by atoms with van der Waals surface area (Å²) in [6.07, 6.45) is 7.01. The van der Waals surface area contributed by atoms with E-state index in [0.29, 0.717) is 23.7 Å². The molecule has 7 unspecified atom stereocenters. The summed E-state index contributed by atoms with van der Waals surface area (Å²) in [5, 5.41) is 0. The van der Waals surface area contributed by atoms with Gasteiger partial charge in [0.2, 0.25) is 0 Å². The molecule has 382 valence electrons. The van der Waals surface area contributed by atoms with Crippen LogP contribution in [0.2, 0.25) is 0 Å². The van der Waals surface area contributed by atoms with Crippen LogP contribution in [0.1, 0.15) is 89.7 Å². The van der Waals surface area contributed by atoms with Gasteiger partial charge in [0.05, 0.1) is 0 Å². The minimum absolute atomic E-state index is 0.0789. The standard InChI is InChI=1S/C79H61N/c1-3-18-52(19-4-1)54-34-40-60(41-35-54)80(61-42-36-55(37-43-61)53-20-5-2-6-21-53)62-44-38-56(39-45-62)66-30-17-33-74-75(66)71-29-12-9-24-65(71)59-49-78-47-57(63-22-7-10-25-67(63)69-27-14-16-32-73(69)78)46-77-48-58(50-79(74,51-59)76(77)78)64-23-8-11-26-68(64)70-28-13-15-31-72(70)77/h1-45,57-59,76H,46-51H2. The first-order valence-corrected chi connectivity index (χ1v) is 29.4. The first-order chi connectivity index (χ1) is 39.6. The Morgan fingerprint density at radius 2 is 0.550 bits per heavy atom. The highest BCUT2D eigenvalue weighted by Crippen LogP contribution is 2.79. The van der Waals surface area contributed by atoms with Crippen LogP contribution in [-0.2, 0) is 16.2 Å². The van der Waals surface area contributed by atoms with Crippen LogP contribution in [-0.4, -0.2) is 0 Å². The second kappa shape index (κ2) is 17.6. The van der Waals surface area contributed by atoms with E-state index in [0.717, 1.165) is 36.3 Å². The number of hydrogen-bond acceptors (Lipinski definition) is 1. The lowest BCUT2D eigenvalue weighted by molar-refractivity contribution is -0.0788. The molecule has 0 aromatic heterocycles. The lowest BCUT2D eigenvalue weighted by Gasteiger charge is -2.70. The molecule has 6 aliphatic rings. The molecule has 0 heterocycles. The van der Waals surface area contributed by atoms with Crippen LogP contribution in [0.3, 0.4) is 0 Å². The molecule has 11 aromatic rings. The zero-order chi connectivity index (χ0) is 52.6. The summed E-state index contributed by atoms with van der Waals surface area (Å²) in [5.74, 6) is 1.60. The van der Waals surface area contributed by atoms with Gasteiger partial charge in [-0.05, 0) is 199 Å². The highest BCUT2D eigenvalue weighted by atomic mass is 15.1. The number of hydrogen-bond donors (Lipinski definition) is 0. The van der Waals surface area contributed by atoms with E-state index >= 15 is 0 Å². The molecule has 3 spiro atoms. The van der Waals surface area contributed by atoms with Gasteiger partial charge in [-0.1, -0.05) is 237 Å². The maximum absolute atomic E-state index is 2.64. The van der Waals surface area contributed by atoms with Gasteiger partial charge in [-0.15, -0.1) is 0 Å². The van der Waals surface area contributed by atoms with Crippen molar-refractivity contribution >= 4 is 17.1 Å². The maximum Gasteiger partial charge on any atom is 0.0462 e. The van der Waals surface area contributed by atoms with Crippen molar-refractivity contribution in [1.29, 1.82) is 0 Å². The van der Waals surface area contributed by atoms with Crippen LogP contribution in [0, 0.1) is 5.92 Å². The molecule has 3 fully saturated rings. The molecule has 0 N–H and O–H groups in total. The van der Waals surface area contributed by atoms with Crippen LogP contribution in [0.25, 0.3) is 66.8 Å². The van der Waals surface area contributed by atoms with E-state index in [9.17, 15) is 0 Å². The molecule has 6 bridgehead atoms. The van der Waals surface area contributed by atoms with Crippen molar-refractivity contribution in [1.82, 2.24) is 0 Å². The molecule has 3 saturated carbocycles. The van der Waals surface area contributed by atoms with E-state index in [1.807, 2.05) is 0 Å². The van der Waals surface area contributed by atoms with Crippen molar-refractivity contribution in [2.45, 2.75) is 72.5 Å². The quantitative estimate of drug-likeness (QED) is 0.160. The zero-order valence-electron chi connectivity index (χ0n) is 45.0. The van der Waals surface area contributed by atoms with Gasteiger partial charge in [0.15, 0.2) is 0 Å². The van der Waals surface area contributed by atoms with Crippen LogP contribution < -0.4 is 4.90 Å². The second-order valence-electron chi connectivity index (χ2n) is 24.5. The molecule has 1 nitrogen and oxygen atoms in total. The first-order valence-electron chi connectivity index (χ1n) is 29.4. The second-order valence-corrected chi connectivity index (χ2v) is 24.5. The Kier molecular flexibility index (Phi) is 10.2. The lowest BCUT2D eigenvalue weighted by Crippen LogP contribution is -2.67. The lowest BCUT2D eigenvalue weighted by atomic mass is 9.32. The summed E-state index contributed by atoms with van der Waals surface area (Å²) < 4.78 is 0. The molecular weight excluding hydrogens is 963 g/mol. The van der Waals surface area contributed by atoms with Gasteiger partial charge in [0, 0.05) is 33.3 Å². The van der Waals surface area contributed by atoms with Gasteiger partial charge >= 0.3 is 0 Å². The van der Waals surface area contributed by atoms with E-state index in [1.165, 1.54) is 91.6 Å². The Labute approximate surface area is 470 Å². The topological polar surface area (TPSA) is 3.24 Å². The summed E-state index contributed by atoms with van der Waals surface area (Å²) in [6, 6.07) is 105. The van der Waals surface area contributed by atoms with Crippen LogP contribution in [0.15, 0.2) is 273 Å². The minimum atomic E-state index is -0.135. The SMILES string of the molecule is c1ccc(-c2ccc(N(c3ccc(-c4ccccc4)cc3)c3ccc(-c4cccc5c4-c4ccccc4C4CC67CC(CC89CC(CC5(C4)C86)c4ccccc4-c4ccccc49)c4ccccc4-c4ccccc47)cc3)cc2)cc1. The highest BCUT2D eigenvalue weighted by molar-refractivity contribution is 5.91. The van der Waals surface area contributed by atoms with Crippen molar-refractivity contribution < 1.29 is 0 Å². The predicted molar refractivity (Wildman–Crippen MR) is 331 cm³/mol. The monoisotopic (exact) mass is 1020 g/mol. The molecule has 1 heteroatoms. The fourth-order valence-corrected chi connectivity index (χ4v) is 18.4. The van der Waals surface area contributed by atoms with E-state index in [2.05, 4.69) is 278 Å². The molecule has 6 aliphatic carbocycles. The summed E-state index contributed by atoms with van der Waals surface area (Å²) in [4.78, 5) is 2.42. The summed E-state index contributed by atoms with van der Waals surface area (Å²) in [7, 11) is 0. The molecular formula is C79H61N. The van der Waals surface area contributed by atoms with Gasteiger partial charge in [-0.2, -0.15) is 0 Å². The van der Waals surface area contributed by atoms with Crippen LogP contribution in [0.5, 0.6) is 0 Å². The normalized spacial score (nSPS) is 23.9. The van der Waals surface area contributed by atoms with Crippen LogP contribution >= 0.6 is 0 Å². The third-order valence-electron chi connectivity index (χ3n) is 20.8. The van der Waals surface area contributed by atoms with Crippen LogP contribution in [0.4, 0.5) is 17.1 Å².